The highest BCUT2D eigenvalue weighted by Gasteiger charge is 2.25. The van der Waals surface area contributed by atoms with Crippen LogP contribution in [0.5, 0.6) is 0 Å². The van der Waals surface area contributed by atoms with Crippen LogP contribution in [0.3, 0.4) is 0 Å². The summed E-state index contributed by atoms with van der Waals surface area (Å²) in [5, 5.41) is 0. The first-order chi connectivity index (χ1) is 10.9. The number of halogens is 1. The van der Waals surface area contributed by atoms with E-state index in [2.05, 4.69) is 33.4 Å². The average Bonchev–Trinajstić information content (AvgIpc) is 2.54. The number of hydrazine groups is 1. The zero-order chi connectivity index (χ0) is 16.9. The number of rotatable bonds is 6. The third-order valence-corrected chi connectivity index (χ3v) is 4.33. The van der Waals surface area contributed by atoms with Gasteiger partial charge >= 0.3 is 0 Å². The molecule has 120 valence electrons. The maximum Gasteiger partial charge on any atom is 0.265 e. The lowest BCUT2D eigenvalue weighted by Crippen LogP contribution is -2.50. The summed E-state index contributed by atoms with van der Waals surface area (Å²) in [5.74, 6) is -0.155. The second kappa shape index (κ2) is 7.57. The lowest BCUT2D eigenvalue weighted by molar-refractivity contribution is 0.0907. The maximum absolute atomic E-state index is 12.3. The van der Waals surface area contributed by atoms with E-state index in [1.807, 2.05) is 68.5 Å². The van der Waals surface area contributed by atoms with Gasteiger partial charge in [-0.05, 0) is 50.1 Å². The molecule has 0 aromatic heterocycles. The van der Waals surface area contributed by atoms with Gasteiger partial charge in [0.25, 0.3) is 5.91 Å². The van der Waals surface area contributed by atoms with Crippen molar-refractivity contribution in [2.24, 2.45) is 0 Å². The molecule has 0 fully saturated rings. The van der Waals surface area contributed by atoms with Gasteiger partial charge in [0.1, 0.15) is 0 Å². The Labute approximate surface area is 145 Å². The molecule has 3 nitrogen and oxygen atoms in total. The fraction of sp³-hybridized carbons (Fsp3) is 0.211. The lowest BCUT2D eigenvalue weighted by atomic mass is 9.89. The molecule has 0 spiro atoms. The van der Waals surface area contributed by atoms with Crippen LogP contribution in [0.2, 0.25) is 0 Å². The normalized spacial score (nSPS) is 13.2. The monoisotopic (exact) mass is 372 g/mol. The van der Waals surface area contributed by atoms with Crippen molar-refractivity contribution in [1.29, 1.82) is 0 Å². The molecular formula is C19H21BrN2O. The second-order valence-corrected chi connectivity index (χ2v) is 6.69. The average molecular weight is 373 g/mol. The number of hydrogen-bond donors (Lipinski definition) is 2. The zero-order valence-electron chi connectivity index (χ0n) is 13.4. The molecule has 2 aromatic rings. The quantitative estimate of drug-likeness (QED) is 0.579. The predicted octanol–water partition coefficient (Wildman–Crippen LogP) is 4.48. The predicted molar refractivity (Wildman–Crippen MR) is 98.1 cm³/mol. The summed E-state index contributed by atoms with van der Waals surface area (Å²) in [5.41, 5.74) is 8.36. The molecule has 1 atom stereocenters. The number of hydrogen-bond acceptors (Lipinski definition) is 2. The topological polar surface area (TPSA) is 41.1 Å². The number of nitrogens with one attached hydrogen (secondary N) is 2. The SMILES string of the molecule is C=CCC(C)(NNC(=O)c1ccc(C)cc1)c1ccc(Br)cc1. The summed E-state index contributed by atoms with van der Waals surface area (Å²) in [6.07, 6.45) is 2.52. The fourth-order valence-corrected chi connectivity index (χ4v) is 2.58. The minimum absolute atomic E-state index is 0.155. The van der Waals surface area contributed by atoms with Gasteiger partial charge in [-0.15, -0.1) is 6.58 Å². The summed E-state index contributed by atoms with van der Waals surface area (Å²) in [6.45, 7) is 7.85. The minimum atomic E-state index is -0.428. The van der Waals surface area contributed by atoms with E-state index in [0.29, 0.717) is 12.0 Å². The van der Waals surface area contributed by atoms with Crippen LogP contribution < -0.4 is 10.9 Å². The van der Waals surface area contributed by atoms with Gasteiger partial charge in [-0.3, -0.25) is 10.2 Å². The van der Waals surface area contributed by atoms with Crippen molar-refractivity contribution in [2.75, 3.05) is 0 Å². The number of aryl methyl sites for hydroxylation is 1. The summed E-state index contributed by atoms with van der Waals surface area (Å²) in [7, 11) is 0. The van der Waals surface area contributed by atoms with Crippen molar-refractivity contribution in [3.8, 4) is 0 Å². The van der Waals surface area contributed by atoms with Crippen LogP contribution in [0, 0.1) is 6.92 Å². The van der Waals surface area contributed by atoms with Gasteiger partial charge < -0.3 is 0 Å². The molecule has 0 aliphatic rings. The Morgan fingerprint density at radius 3 is 2.35 bits per heavy atom. The zero-order valence-corrected chi connectivity index (χ0v) is 15.0. The largest absolute Gasteiger partial charge is 0.287 e. The molecule has 4 heteroatoms. The van der Waals surface area contributed by atoms with Crippen molar-refractivity contribution in [3.63, 3.8) is 0 Å². The summed E-state index contributed by atoms with van der Waals surface area (Å²) in [6, 6.07) is 15.5. The highest BCUT2D eigenvalue weighted by Crippen LogP contribution is 2.26. The molecule has 0 aliphatic carbocycles. The third-order valence-electron chi connectivity index (χ3n) is 3.80. The molecule has 0 saturated carbocycles. The molecular weight excluding hydrogens is 352 g/mol. The van der Waals surface area contributed by atoms with Gasteiger partial charge in [0.05, 0.1) is 5.54 Å². The Hall–Kier alpha value is -1.91. The third kappa shape index (κ3) is 4.53. The van der Waals surface area contributed by atoms with E-state index in [-0.39, 0.29) is 5.91 Å². The molecule has 0 aliphatic heterocycles. The standard InChI is InChI=1S/C19H21BrN2O/c1-4-13-19(3,16-9-11-17(20)12-10-16)22-21-18(23)15-7-5-14(2)6-8-15/h4-12,22H,1,13H2,2-3H3,(H,21,23). The molecule has 0 radical (unpaired) electrons. The van der Waals surface area contributed by atoms with Gasteiger partial charge in [0.2, 0.25) is 0 Å². The van der Waals surface area contributed by atoms with E-state index in [0.717, 1.165) is 15.6 Å². The van der Waals surface area contributed by atoms with Crippen molar-refractivity contribution < 1.29 is 4.79 Å². The molecule has 0 bridgehead atoms. The molecule has 23 heavy (non-hydrogen) atoms. The van der Waals surface area contributed by atoms with E-state index in [9.17, 15) is 4.79 Å². The first-order valence-electron chi connectivity index (χ1n) is 7.46. The van der Waals surface area contributed by atoms with E-state index < -0.39 is 5.54 Å². The smallest absolute Gasteiger partial charge is 0.265 e. The molecule has 2 rings (SSSR count). The van der Waals surface area contributed by atoms with Crippen LogP contribution in [0.1, 0.15) is 34.8 Å². The van der Waals surface area contributed by atoms with Crippen molar-refractivity contribution >= 4 is 21.8 Å². The Morgan fingerprint density at radius 1 is 1.17 bits per heavy atom. The lowest BCUT2D eigenvalue weighted by Gasteiger charge is -2.30. The van der Waals surface area contributed by atoms with Gasteiger partial charge in [-0.2, -0.15) is 0 Å². The number of carbonyl (C=O) groups is 1. The highest BCUT2D eigenvalue weighted by molar-refractivity contribution is 9.10. The first-order valence-corrected chi connectivity index (χ1v) is 8.25. The highest BCUT2D eigenvalue weighted by atomic mass is 79.9. The van der Waals surface area contributed by atoms with Crippen molar-refractivity contribution in [3.05, 3.63) is 82.3 Å². The Morgan fingerprint density at radius 2 is 1.78 bits per heavy atom. The fourth-order valence-electron chi connectivity index (χ4n) is 2.32. The number of benzene rings is 2. The maximum atomic E-state index is 12.3. The van der Waals surface area contributed by atoms with Crippen molar-refractivity contribution in [1.82, 2.24) is 10.9 Å². The Balaban J connectivity index is 2.12. The second-order valence-electron chi connectivity index (χ2n) is 5.78. The van der Waals surface area contributed by atoms with E-state index in [1.165, 1.54) is 0 Å². The van der Waals surface area contributed by atoms with Crippen LogP contribution in [0.15, 0.2) is 65.7 Å². The molecule has 2 N–H and O–H groups in total. The summed E-state index contributed by atoms with van der Waals surface area (Å²) < 4.78 is 1.02. The molecule has 2 aromatic carbocycles. The minimum Gasteiger partial charge on any atom is -0.287 e. The van der Waals surface area contributed by atoms with Crippen LogP contribution in [-0.2, 0) is 5.54 Å². The molecule has 1 unspecified atom stereocenters. The van der Waals surface area contributed by atoms with Gasteiger partial charge in [0, 0.05) is 10.0 Å². The Bertz CT molecular complexity index is 680. The first kappa shape index (κ1) is 17.4. The van der Waals surface area contributed by atoms with E-state index in [1.54, 1.807) is 0 Å². The summed E-state index contributed by atoms with van der Waals surface area (Å²) in [4.78, 5) is 12.3. The number of carbonyl (C=O) groups excluding carboxylic acids is 1. The van der Waals surface area contributed by atoms with Crippen LogP contribution >= 0.6 is 15.9 Å². The van der Waals surface area contributed by atoms with Gasteiger partial charge in [-0.25, -0.2) is 5.43 Å². The Kier molecular flexibility index (Phi) is 5.74. The molecule has 1 amide bonds. The molecule has 0 heterocycles. The van der Waals surface area contributed by atoms with Crippen molar-refractivity contribution in [2.45, 2.75) is 25.8 Å². The van der Waals surface area contributed by atoms with Crippen LogP contribution in [-0.4, -0.2) is 5.91 Å². The summed E-state index contributed by atoms with van der Waals surface area (Å²) >= 11 is 3.44. The molecule has 0 saturated heterocycles. The van der Waals surface area contributed by atoms with E-state index in [4.69, 9.17) is 0 Å². The number of amides is 1. The van der Waals surface area contributed by atoms with Crippen LogP contribution in [0.25, 0.3) is 0 Å². The van der Waals surface area contributed by atoms with Gasteiger partial charge in [-0.1, -0.05) is 51.8 Å². The van der Waals surface area contributed by atoms with Crippen LogP contribution in [0.4, 0.5) is 0 Å². The van der Waals surface area contributed by atoms with Gasteiger partial charge in [0.15, 0.2) is 0 Å². The van der Waals surface area contributed by atoms with E-state index >= 15 is 0 Å².